The van der Waals surface area contributed by atoms with Gasteiger partial charge in [0.05, 0.1) is 5.56 Å². The summed E-state index contributed by atoms with van der Waals surface area (Å²) in [5, 5.41) is 9.67. The number of carbonyl (C=O) groups is 1. The normalized spacial score (nSPS) is 10.2. The fraction of sp³-hybridized carbons (Fsp3) is 0.133. The zero-order valence-corrected chi connectivity index (χ0v) is 10.7. The summed E-state index contributed by atoms with van der Waals surface area (Å²) >= 11 is 0. The van der Waals surface area contributed by atoms with Crippen molar-refractivity contribution in [3.8, 4) is 5.75 Å². The molecule has 0 heterocycles. The highest BCUT2D eigenvalue weighted by atomic mass is 16.3. The molecule has 0 radical (unpaired) electrons. The van der Waals surface area contributed by atoms with Crippen LogP contribution in [0.15, 0.2) is 48.5 Å². The Hall–Kier alpha value is -2.49. The summed E-state index contributed by atoms with van der Waals surface area (Å²) in [6, 6.07) is 13.9. The number of benzene rings is 2. The van der Waals surface area contributed by atoms with E-state index < -0.39 is 0 Å². The highest BCUT2D eigenvalue weighted by Gasteiger charge is 2.15. The molecule has 3 N–H and O–H groups in total. The molecule has 0 bridgehead atoms. The van der Waals surface area contributed by atoms with Gasteiger partial charge in [-0.3, -0.25) is 4.79 Å². The van der Waals surface area contributed by atoms with Crippen molar-refractivity contribution >= 4 is 11.6 Å². The van der Waals surface area contributed by atoms with Crippen LogP contribution in [0, 0.1) is 0 Å². The second-order valence-electron chi connectivity index (χ2n) is 4.42. The topological polar surface area (TPSA) is 66.6 Å². The number of phenolic OH excluding ortho intramolecular Hbond substituents is 1. The summed E-state index contributed by atoms with van der Waals surface area (Å²) in [5.41, 5.74) is 7.60. The Labute approximate surface area is 112 Å². The van der Waals surface area contributed by atoms with Crippen LogP contribution in [-0.4, -0.2) is 23.0 Å². The number of nitrogens with zero attached hydrogens (tertiary/aromatic N) is 1. The molecule has 0 aromatic heterocycles. The van der Waals surface area contributed by atoms with Crippen molar-refractivity contribution in [3.05, 3.63) is 59.7 Å². The van der Waals surface area contributed by atoms with E-state index in [9.17, 15) is 9.90 Å². The van der Waals surface area contributed by atoms with E-state index in [-0.39, 0.29) is 11.7 Å². The molecule has 19 heavy (non-hydrogen) atoms. The van der Waals surface area contributed by atoms with Gasteiger partial charge in [0.15, 0.2) is 0 Å². The maximum Gasteiger partial charge on any atom is 0.257 e. The molecule has 0 fully saturated rings. The first-order chi connectivity index (χ1) is 9.08. The number of hydrogen-bond donors (Lipinski definition) is 2. The average molecular weight is 256 g/mol. The van der Waals surface area contributed by atoms with Gasteiger partial charge in [0, 0.05) is 19.3 Å². The van der Waals surface area contributed by atoms with E-state index in [4.69, 9.17) is 5.73 Å². The van der Waals surface area contributed by atoms with Gasteiger partial charge in [0.2, 0.25) is 0 Å². The second kappa shape index (κ2) is 5.44. The minimum absolute atomic E-state index is 0.00310. The molecule has 2 aromatic rings. The van der Waals surface area contributed by atoms with Crippen LogP contribution < -0.4 is 5.73 Å². The standard InChI is InChI=1S/C15H16N2O2/c1-17(10-11-6-8-12(16)9-7-11)15(19)13-4-2-3-5-14(13)18/h2-9,18H,10,16H2,1H3. The molecule has 2 rings (SSSR count). The smallest absolute Gasteiger partial charge is 0.257 e. The number of aromatic hydroxyl groups is 1. The third kappa shape index (κ3) is 3.04. The van der Waals surface area contributed by atoms with Crippen molar-refractivity contribution in [2.75, 3.05) is 12.8 Å². The van der Waals surface area contributed by atoms with Crippen LogP contribution in [0.3, 0.4) is 0 Å². The lowest BCUT2D eigenvalue weighted by atomic mass is 10.1. The Bertz CT molecular complexity index is 579. The zero-order chi connectivity index (χ0) is 13.8. The van der Waals surface area contributed by atoms with E-state index in [2.05, 4.69) is 0 Å². The maximum absolute atomic E-state index is 12.2. The minimum atomic E-state index is -0.213. The number of nitrogens with two attached hydrogens (primary N) is 1. The van der Waals surface area contributed by atoms with E-state index >= 15 is 0 Å². The lowest BCUT2D eigenvalue weighted by Crippen LogP contribution is -2.26. The molecule has 4 nitrogen and oxygen atoms in total. The van der Waals surface area contributed by atoms with Crippen LogP contribution in [0.25, 0.3) is 0 Å². The van der Waals surface area contributed by atoms with Gasteiger partial charge in [-0.05, 0) is 29.8 Å². The van der Waals surface area contributed by atoms with Gasteiger partial charge in [-0.25, -0.2) is 0 Å². The second-order valence-corrected chi connectivity index (χ2v) is 4.42. The molecule has 4 heteroatoms. The van der Waals surface area contributed by atoms with Crippen molar-refractivity contribution in [1.29, 1.82) is 0 Å². The molecule has 0 atom stereocenters. The average Bonchev–Trinajstić information content (AvgIpc) is 2.41. The van der Waals surface area contributed by atoms with Crippen molar-refractivity contribution in [2.45, 2.75) is 6.54 Å². The van der Waals surface area contributed by atoms with Crippen molar-refractivity contribution in [1.82, 2.24) is 4.90 Å². The fourth-order valence-electron chi connectivity index (χ4n) is 1.83. The molecule has 0 unspecified atom stereocenters. The van der Waals surface area contributed by atoms with Crippen LogP contribution in [0.5, 0.6) is 5.75 Å². The summed E-state index contributed by atoms with van der Waals surface area (Å²) in [5.74, 6) is -0.216. The van der Waals surface area contributed by atoms with E-state index in [1.54, 1.807) is 42.3 Å². The van der Waals surface area contributed by atoms with Gasteiger partial charge in [-0.2, -0.15) is 0 Å². The minimum Gasteiger partial charge on any atom is -0.507 e. The van der Waals surface area contributed by atoms with Gasteiger partial charge in [0.25, 0.3) is 5.91 Å². The number of nitrogen functional groups attached to an aromatic ring is 1. The summed E-state index contributed by atoms with van der Waals surface area (Å²) < 4.78 is 0. The Morgan fingerprint density at radius 2 is 1.79 bits per heavy atom. The number of anilines is 1. The van der Waals surface area contributed by atoms with E-state index in [0.29, 0.717) is 17.8 Å². The van der Waals surface area contributed by atoms with Gasteiger partial charge in [-0.15, -0.1) is 0 Å². The third-order valence-corrected chi connectivity index (χ3v) is 2.88. The fourth-order valence-corrected chi connectivity index (χ4v) is 1.83. The first-order valence-corrected chi connectivity index (χ1v) is 5.96. The Morgan fingerprint density at radius 1 is 1.16 bits per heavy atom. The largest absolute Gasteiger partial charge is 0.507 e. The molecule has 0 aliphatic carbocycles. The Morgan fingerprint density at radius 3 is 2.42 bits per heavy atom. The van der Waals surface area contributed by atoms with Gasteiger partial charge in [0.1, 0.15) is 5.75 Å². The molecular formula is C15H16N2O2. The quantitative estimate of drug-likeness (QED) is 0.828. The highest BCUT2D eigenvalue weighted by Crippen LogP contribution is 2.18. The number of amides is 1. The lowest BCUT2D eigenvalue weighted by Gasteiger charge is -2.18. The summed E-state index contributed by atoms with van der Waals surface area (Å²) in [7, 11) is 1.70. The van der Waals surface area contributed by atoms with Crippen LogP contribution in [0.4, 0.5) is 5.69 Å². The zero-order valence-electron chi connectivity index (χ0n) is 10.7. The van der Waals surface area contributed by atoms with Crippen molar-refractivity contribution in [2.24, 2.45) is 0 Å². The molecule has 0 aliphatic rings. The van der Waals surface area contributed by atoms with E-state index in [0.717, 1.165) is 5.56 Å². The highest BCUT2D eigenvalue weighted by molar-refractivity contribution is 5.96. The first-order valence-electron chi connectivity index (χ1n) is 5.96. The molecular weight excluding hydrogens is 240 g/mol. The molecule has 2 aromatic carbocycles. The van der Waals surface area contributed by atoms with Gasteiger partial charge >= 0.3 is 0 Å². The van der Waals surface area contributed by atoms with E-state index in [1.807, 2.05) is 12.1 Å². The summed E-state index contributed by atoms with van der Waals surface area (Å²) in [4.78, 5) is 13.7. The molecule has 0 saturated carbocycles. The molecule has 1 amide bonds. The van der Waals surface area contributed by atoms with Gasteiger partial charge < -0.3 is 15.7 Å². The molecule has 0 spiro atoms. The predicted octanol–water partition coefficient (Wildman–Crippen LogP) is 2.25. The van der Waals surface area contributed by atoms with Crippen LogP contribution in [0.1, 0.15) is 15.9 Å². The predicted molar refractivity (Wildman–Crippen MR) is 74.8 cm³/mol. The lowest BCUT2D eigenvalue weighted by molar-refractivity contribution is 0.0782. The third-order valence-electron chi connectivity index (χ3n) is 2.88. The van der Waals surface area contributed by atoms with Crippen molar-refractivity contribution < 1.29 is 9.90 Å². The summed E-state index contributed by atoms with van der Waals surface area (Å²) in [6.07, 6.45) is 0. The Balaban J connectivity index is 2.12. The van der Waals surface area contributed by atoms with Gasteiger partial charge in [-0.1, -0.05) is 24.3 Å². The number of rotatable bonds is 3. The first kappa shape index (κ1) is 13.0. The van der Waals surface area contributed by atoms with E-state index in [1.165, 1.54) is 6.07 Å². The van der Waals surface area contributed by atoms with Crippen LogP contribution in [0.2, 0.25) is 0 Å². The monoisotopic (exact) mass is 256 g/mol. The van der Waals surface area contributed by atoms with Crippen LogP contribution >= 0.6 is 0 Å². The molecule has 0 aliphatic heterocycles. The summed E-state index contributed by atoms with van der Waals surface area (Å²) in [6.45, 7) is 0.466. The molecule has 98 valence electrons. The number of carbonyl (C=O) groups excluding carboxylic acids is 1. The number of phenols is 1. The SMILES string of the molecule is CN(Cc1ccc(N)cc1)C(=O)c1ccccc1O. The van der Waals surface area contributed by atoms with Crippen LogP contribution in [-0.2, 0) is 6.54 Å². The number of para-hydroxylation sites is 1. The molecule has 0 saturated heterocycles. The van der Waals surface area contributed by atoms with Crippen molar-refractivity contribution in [3.63, 3.8) is 0 Å². The maximum atomic E-state index is 12.2. The number of hydrogen-bond acceptors (Lipinski definition) is 3. The Kier molecular flexibility index (Phi) is 3.71.